The number of halogens is 1. The molecule has 2 heterocycles. The second-order valence-corrected chi connectivity index (χ2v) is 8.93. The van der Waals surface area contributed by atoms with Crippen molar-refractivity contribution in [3.63, 3.8) is 0 Å². The molecule has 4 heteroatoms. The van der Waals surface area contributed by atoms with E-state index in [0.29, 0.717) is 5.95 Å². The van der Waals surface area contributed by atoms with Crippen molar-refractivity contribution in [1.82, 2.24) is 14.5 Å². The highest BCUT2D eigenvalue weighted by molar-refractivity contribution is 14.1. The second-order valence-electron chi connectivity index (χ2n) is 7.68. The van der Waals surface area contributed by atoms with Crippen molar-refractivity contribution in [1.29, 1.82) is 0 Å². The zero-order valence-electron chi connectivity index (χ0n) is 17.1. The molecular formula is C28H18IN3. The highest BCUT2D eigenvalue weighted by Gasteiger charge is 2.16. The van der Waals surface area contributed by atoms with Gasteiger partial charge in [0.25, 0.3) is 0 Å². The van der Waals surface area contributed by atoms with E-state index in [1.165, 1.54) is 14.3 Å². The third-order valence-corrected chi connectivity index (χ3v) is 6.36. The third-order valence-electron chi connectivity index (χ3n) is 5.69. The Morgan fingerprint density at radius 2 is 1.09 bits per heavy atom. The lowest BCUT2D eigenvalue weighted by atomic mass is 10.1. The monoisotopic (exact) mass is 523 g/mol. The quantitative estimate of drug-likeness (QED) is 0.225. The van der Waals surface area contributed by atoms with Gasteiger partial charge in [0.1, 0.15) is 0 Å². The Morgan fingerprint density at radius 1 is 0.531 bits per heavy atom. The summed E-state index contributed by atoms with van der Waals surface area (Å²) < 4.78 is 3.39. The molecule has 6 rings (SSSR count). The summed E-state index contributed by atoms with van der Waals surface area (Å²) >= 11 is 2.37. The average Bonchev–Trinajstić information content (AvgIpc) is 3.18. The first-order valence-corrected chi connectivity index (χ1v) is 11.5. The van der Waals surface area contributed by atoms with Gasteiger partial charge in [0.15, 0.2) is 0 Å². The fourth-order valence-corrected chi connectivity index (χ4v) is 4.70. The summed E-state index contributed by atoms with van der Waals surface area (Å²) in [5.41, 5.74) is 6.17. The van der Waals surface area contributed by atoms with Gasteiger partial charge in [0.2, 0.25) is 5.95 Å². The maximum atomic E-state index is 5.04. The Hall–Kier alpha value is -3.51. The number of aromatic nitrogens is 3. The van der Waals surface area contributed by atoms with Gasteiger partial charge in [0.05, 0.1) is 22.4 Å². The van der Waals surface area contributed by atoms with Crippen LogP contribution < -0.4 is 0 Å². The van der Waals surface area contributed by atoms with Crippen molar-refractivity contribution in [3.8, 4) is 28.5 Å². The number of para-hydroxylation sites is 1. The molecule has 4 aromatic carbocycles. The Bertz CT molecular complexity index is 1510. The lowest BCUT2D eigenvalue weighted by Gasteiger charge is -2.11. The predicted molar refractivity (Wildman–Crippen MR) is 140 cm³/mol. The molecule has 6 aromatic rings. The van der Waals surface area contributed by atoms with Gasteiger partial charge >= 0.3 is 0 Å². The van der Waals surface area contributed by atoms with Gasteiger partial charge in [-0.25, -0.2) is 9.97 Å². The molecule has 0 saturated carbocycles. The Morgan fingerprint density at radius 3 is 1.75 bits per heavy atom. The first kappa shape index (κ1) is 19.2. The Labute approximate surface area is 199 Å². The molecule has 0 aliphatic rings. The predicted octanol–water partition coefficient (Wildman–Crippen LogP) is 7.51. The first-order valence-electron chi connectivity index (χ1n) is 10.5. The average molecular weight is 523 g/mol. The van der Waals surface area contributed by atoms with Crippen LogP contribution in [0.3, 0.4) is 0 Å². The lowest BCUT2D eigenvalue weighted by Crippen LogP contribution is -2.03. The van der Waals surface area contributed by atoms with Gasteiger partial charge < -0.3 is 0 Å². The van der Waals surface area contributed by atoms with Crippen LogP contribution >= 0.6 is 22.6 Å². The fraction of sp³-hybridized carbons (Fsp3) is 0. The number of rotatable bonds is 3. The minimum Gasteiger partial charge on any atom is -0.278 e. The molecule has 0 saturated heterocycles. The highest BCUT2D eigenvalue weighted by atomic mass is 127. The molecule has 0 fully saturated rings. The van der Waals surface area contributed by atoms with E-state index in [0.717, 1.165) is 33.5 Å². The smallest absolute Gasteiger partial charge is 0.235 e. The summed E-state index contributed by atoms with van der Waals surface area (Å²) in [4.78, 5) is 10.1. The van der Waals surface area contributed by atoms with Gasteiger partial charge in [0, 0.05) is 25.5 Å². The van der Waals surface area contributed by atoms with Crippen LogP contribution in [0.25, 0.3) is 50.3 Å². The number of fused-ring (bicyclic) bond motifs is 3. The van der Waals surface area contributed by atoms with Crippen molar-refractivity contribution in [3.05, 3.63) is 113 Å². The molecule has 0 spiro atoms. The Kier molecular flexibility index (Phi) is 4.72. The van der Waals surface area contributed by atoms with Crippen LogP contribution in [-0.2, 0) is 0 Å². The lowest BCUT2D eigenvalue weighted by molar-refractivity contribution is 0.995. The molecular weight excluding hydrogens is 505 g/mol. The summed E-state index contributed by atoms with van der Waals surface area (Å²) in [5.74, 6) is 0.678. The minimum atomic E-state index is 0.678. The van der Waals surface area contributed by atoms with E-state index in [4.69, 9.17) is 9.97 Å². The van der Waals surface area contributed by atoms with Crippen LogP contribution in [0.15, 0.2) is 109 Å². The second kappa shape index (κ2) is 7.88. The molecule has 0 bridgehead atoms. The van der Waals surface area contributed by atoms with Crippen molar-refractivity contribution in [2.75, 3.05) is 0 Å². The molecule has 0 unspecified atom stereocenters. The number of nitrogens with zero attached hydrogens (tertiary/aromatic N) is 3. The molecule has 0 atom stereocenters. The summed E-state index contributed by atoms with van der Waals surface area (Å²) in [5, 5.41) is 2.42. The van der Waals surface area contributed by atoms with Gasteiger partial charge in [-0.3, -0.25) is 4.57 Å². The molecule has 0 aliphatic carbocycles. The van der Waals surface area contributed by atoms with E-state index in [1.54, 1.807) is 0 Å². The van der Waals surface area contributed by atoms with Gasteiger partial charge in [-0.15, -0.1) is 0 Å². The molecule has 0 amide bonds. The van der Waals surface area contributed by atoms with Gasteiger partial charge in [-0.2, -0.15) is 0 Å². The van der Waals surface area contributed by atoms with E-state index in [2.05, 4.69) is 100.0 Å². The zero-order chi connectivity index (χ0) is 21.5. The fourth-order valence-electron chi connectivity index (χ4n) is 4.21. The van der Waals surface area contributed by atoms with E-state index in [-0.39, 0.29) is 0 Å². The molecule has 3 nitrogen and oxygen atoms in total. The van der Waals surface area contributed by atoms with Gasteiger partial charge in [-0.1, -0.05) is 78.9 Å². The van der Waals surface area contributed by atoms with Crippen LogP contribution in [-0.4, -0.2) is 14.5 Å². The zero-order valence-corrected chi connectivity index (χ0v) is 19.3. The van der Waals surface area contributed by atoms with E-state index < -0.39 is 0 Å². The summed E-state index contributed by atoms with van der Waals surface area (Å²) in [7, 11) is 0. The largest absolute Gasteiger partial charge is 0.278 e. The SMILES string of the molecule is Ic1ccc2c(c1)c1ccccc1n2-c1nc(-c2ccccc2)cc(-c2ccccc2)n1. The summed E-state index contributed by atoms with van der Waals surface area (Å²) in [6.45, 7) is 0. The van der Waals surface area contributed by atoms with E-state index in [9.17, 15) is 0 Å². The standard InChI is InChI=1S/C28H18IN3/c29-21-15-16-27-23(17-21)22-13-7-8-14-26(22)32(27)28-30-24(19-9-3-1-4-10-19)18-25(31-28)20-11-5-2-6-12-20/h1-18H. The van der Waals surface area contributed by atoms with E-state index >= 15 is 0 Å². The van der Waals surface area contributed by atoms with Crippen LogP contribution in [0.1, 0.15) is 0 Å². The van der Waals surface area contributed by atoms with Crippen molar-refractivity contribution in [2.45, 2.75) is 0 Å². The number of hydrogen-bond donors (Lipinski definition) is 0. The van der Waals surface area contributed by atoms with Crippen LogP contribution in [0.4, 0.5) is 0 Å². The van der Waals surface area contributed by atoms with Crippen molar-refractivity contribution in [2.24, 2.45) is 0 Å². The van der Waals surface area contributed by atoms with Crippen LogP contribution in [0.5, 0.6) is 0 Å². The van der Waals surface area contributed by atoms with Crippen molar-refractivity contribution >= 4 is 44.4 Å². The Balaban J connectivity index is 1.70. The molecule has 2 aromatic heterocycles. The van der Waals surface area contributed by atoms with Crippen LogP contribution in [0.2, 0.25) is 0 Å². The topological polar surface area (TPSA) is 30.7 Å². The normalized spacial score (nSPS) is 11.3. The molecule has 0 aliphatic heterocycles. The maximum Gasteiger partial charge on any atom is 0.235 e. The third kappa shape index (κ3) is 3.28. The number of hydrogen-bond acceptors (Lipinski definition) is 2. The molecule has 0 radical (unpaired) electrons. The minimum absolute atomic E-state index is 0.678. The molecule has 0 N–H and O–H groups in total. The van der Waals surface area contributed by atoms with Crippen molar-refractivity contribution < 1.29 is 0 Å². The highest BCUT2D eigenvalue weighted by Crippen LogP contribution is 2.33. The summed E-state index contributed by atoms with van der Waals surface area (Å²) in [6, 6.07) is 37.7. The van der Waals surface area contributed by atoms with Crippen LogP contribution in [0, 0.1) is 3.57 Å². The first-order chi connectivity index (χ1) is 15.8. The van der Waals surface area contributed by atoms with Gasteiger partial charge in [-0.05, 0) is 52.9 Å². The van der Waals surface area contributed by atoms with E-state index in [1.807, 2.05) is 36.4 Å². The number of benzene rings is 4. The summed E-state index contributed by atoms with van der Waals surface area (Å²) in [6.07, 6.45) is 0. The maximum absolute atomic E-state index is 5.04. The molecule has 32 heavy (non-hydrogen) atoms. The molecule has 152 valence electrons.